The minimum atomic E-state index is -0.388. The zero-order chi connectivity index (χ0) is 17.2. The Morgan fingerprint density at radius 3 is 2.92 bits per heavy atom. The van der Waals surface area contributed by atoms with Crippen LogP contribution in [0.1, 0.15) is 37.3 Å². The van der Waals surface area contributed by atoms with Crippen molar-refractivity contribution in [3.63, 3.8) is 0 Å². The van der Waals surface area contributed by atoms with E-state index in [0.717, 1.165) is 50.2 Å². The number of halogens is 1. The maximum atomic E-state index is 13.4. The lowest BCUT2D eigenvalue weighted by molar-refractivity contribution is 0.123. The Bertz CT molecular complexity index is 533. The molecule has 1 aliphatic carbocycles. The number of nitrogens with one attached hydrogen (secondary N) is 2. The standard InChI is InChI=1S/C18H28FN3O2/c1-2-20-18(21-8-3-9-24-13-14-4-5-14)22-11-15-6-7-17(19)16(10-15)12-23/h6-7,10,14,23H,2-5,8-9,11-13H2,1H3,(H2,20,21,22). The number of rotatable bonds is 10. The van der Waals surface area contributed by atoms with E-state index in [1.807, 2.05) is 6.92 Å². The van der Waals surface area contributed by atoms with Crippen LogP contribution < -0.4 is 10.6 Å². The van der Waals surface area contributed by atoms with Crippen molar-refractivity contribution in [1.82, 2.24) is 10.6 Å². The molecule has 0 aliphatic heterocycles. The van der Waals surface area contributed by atoms with Gasteiger partial charge in [-0.1, -0.05) is 6.07 Å². The van der Waals surface area contributed by atoms with E-state index >= 15 is 0 Å². The molecule has 1 aliphatic rings. The number of aliphatic hydroxyl groups is 1. The fourth-order valence-corrected chi connectivity index (χ4v) is 2.28. The highest BCUT2D eigenvalue weighted by Crippen LogP contribution is 2.28. The molecule has 2 rings (SSSR count). The van der Waals surface area contributed by atoms with Gasteiger partial charge in [-0.25, -0.2) is 9.38 Å². The van der Waals surface area contributed by atoms with E-state index in [4.69, 9.17) is 9.84 Å². The summed E-state index contributed by atoms with van der Waals surface area (Å²) >= 11 is 0. The van der Waals surface area contributed by atoms with Gasteiger partial charge in [0.2, 0.25) is 0 Å². The van der Waals surface area contributed by atoms with E-state index in [9.17, 15) is 4.39 Å². The van der Waals surface area contributed by atoms with Crippen LogP contribution in [-0.4, -0.2) is 37.4 Å². The van der Waals surface area contributed by atoms with E-state index in [2.05, 4.69) is 15.6 Å². The number of nitrogens with zero attached hydrogens (tertiary/aromatic N) is 1. The van der Waals surface area contributed by atoms with Gasteiger partial charge in [0.15, 0.2) is 5.96 Å². The van der Waals surface area contributed by atoms with Crippen molar-refractivity contribution < 1.29 is 14.2 Å². The molecule has 0 spiro atoms. The van der Waals surface area contributed by atoms with Gasteiger partial charge in [-0.05, 0) is 49.8 Å². The third-order valence-corrected chi connectivity index (χ3v) is 3.85. The number of ether oxygens (including phenoxy) is 1. The molecule has 0 bridgehead atoms. The zero-order valence-corrected chi connectivity index (χ0v) is 14.4. The molecule has 1 aromatic rings. The highest BCUT2D eigenvalue weighted by molar-refractivity contribution is 5.79. The molecule has 3 N–H and O–H groups in total. The Balaban J connectivity index is 1.74. The highest BCUT2D eigenvalue weighted by atomic mass is 19.1. The minimum absolute atomic E-state index is 0.300. The van der Waals surface area contributed by atoms with Gasteiger partial charge in [0, 0.05) is 31.9 Å². The molecular formula is C18H28FN3O2. The number of benzene rings is 1. The van der Waals surface area contributed by atoms with Gasteiger partial charge in [-0.15, -0.1) is 0 Å². The smallest absolute Gasteiger partial charge is 0.191 e. The molecule has 134 valence electrons. The van der Waals surface area contributed by atoms with Crippen LogP contribution >= 0.6 is 0 Å². The van der Waals surface area contributed by atoms with E-state index < -0.39 is 0 Å². The van der Waals surface area contributed by atoms with Gasteiger partial charge < -0.3 is 20.5 Å². The molecule has 0 atom stereocenters. The number of guanidine groups is 1. The predicted octanol–water partition coefficient (Wildman–Crippen LogP) is 2.19. The number of hydrogen-bond acceptors (Lipinski definition) is 3. The quantitative estimate of drug-likeness (QED) is 0.348. The fourth-order valence-electron chi connectivity index (χ4n) is 2.28. The minimum Gasteiger partial charge on any atom is -0.392 e. The Morgan fingerprint density at radius 2 is 2.21 bits per heavy atom. The van der Waals surface area contributed by atoms with Crippen molar-refractivity contribution in [3.8, 4) is 0 Å². The van der Waals surface area contributed by atoms with Crippen LogP contribution in [0.4, 0.5) is 4.39 Å². The Morgan fingerprint density at radius 1 is 1.38 bits per heavy atom. The monoisotopic (exact) mass is 337 g/mol. The number of aliphatic hydroxyl groups excluding tert-OH is 1. The lowest BCUT2D eigenvalue weighted by Gasteiger charge is -2.11. The van der Waals surface area contributed by atoms with Gasteiger partial charge in [-0.3, -0.25) is 0 Å². The maximum absolute atomic E-state index is 13.4. The Hall–Kier alpha value is -1.66. The third kappa shape index (κ3) is 6.84. The molecule has 0 aromatic heterocycles. The van der Waals surface area contributed by atoms with Crippen LogP contribution in [0.15, 0.2) is 23.2 Å². The molecule has 5 nitrogen and oxygen atoms in total. The van der Waals surface area contributed by atoms with Gasteiger partial charge in [0.05, 0.1) is 13.2 Å². The Kier molecular flexibility index (Phi) is 7.98. The van der Waals surface area contributed by atoms with E-state index in [-0.39, 0.29) is 12.4 Å². The molecule has 1 aromatic carbocycles. The van der Waals surface area contributed by atoms with Crippen LogP contribution in [0.5, 0.6) is 0 Å². The summed E-state index contributed by atoms with van der Waals surface area (Å²) in [7, 11) is 0. The second-order valence-corrected chi connectivity index (χ2v) is 6.08. The first kappa shape index (κ1) is 18.7. The number of aliphatic imine (C=N–C) groups is 1. The first-order chi connectivity index (χ1) is 11.7. The summed E-state index contributed by atoms with van der Waals surface area (Å²) in [6.45, 7) is 5.37. The van der Waals surface area contributed by atoms with Crippen LogP contribution in [0.2, 0.25) is 0 Å². The van der Waals surface area contributed by atoms with Crippen LogP contribution in [0, 0.1) is 11.7 Å². The van der Waals surface area contributed by atoms with Crippen LogP contribution in [-0.2, 0) is 17.9 Å². The van der Waals surface area contributed by atoms with Gasteiger partial charge in [-0.2, -0.15) is 0 Å². The molecule has 0 amide bonds. The normalized spacial score (nSPS) is 14.7. The summed E-state index contributed by atoms with van der Waals surface area (Å²) in [4.78, 5) is 4.49. The van der Waals surface area contributed by atoms with Crippen molar-refractivity contribution in [2.24, 2.45) is 10.9 Å². The summed E-state index contributed by atoms with van der Waals surface area (Å²) in [5, 5.41) is 15.6. The van der Waals surface area contributed by atoms with Crippen molar-refractivity contribution in [1.29, 1.82) is 0 Å². The summed E-state index contributed by atoms with van der Waals surface area (Å²) < 4.78 is 19.0. The summed E-state index contributed by atoms with van der Waals surface area (Å²) in [5.74, 6) is 1.15. The summed E-state index contributed by atoms with van der Waals surface area (Å²) in [5.41, 5.74) is 1.17. The molecule has 24 heavy (non-hydrogen) atoms. The SMILES string of the molecule is CCNC(=NCc1ccc(F)c(CO)c1)NCCCOCC1CC1. The average molecular weight is 337 g/mol. The zero-order valence-electron chi connectivity index (χ0n) is 14.4. The topological polar surface area (TPSA) is 65.9 Å². The maximum Gasteiger partial charge on any atom is 0.191 e. The van der Waals surface area contributed by atoms with Crippen LogP contribution in [0.3, 0.4) is 0 Å². The lowest BCUT2D eigenvalue weighted by Crippen LogP contribution is -2.38. The average Bonchev–Trinajstić information content (AvgIpc) is 3.41. The lowest BCUT2D eigenvalue weighted by atomic mass is 10.1. The molecular weight excluding hydrogens is 309 g/mol. The van der Waals surface area contributed by atoms with E-state index in [0.29, 0.717) is 12.1 Å². The van der Waals surface area contributed by atoms with E-state index in [1.54, 1.807) is 12.1 Å². The Labute approximate surface area is 143 Å². The van der Waals surface area contributed by atoms with Gasteiger partial charge in [0.25, 0.3) is 0 Å². The predicted molar refractivity (Wildman–Crippen MR) is 93.3 cm³/mol. The second-order valence-electron chi connectivity index (χ2n) is 6.08. The van der Waals surface area contributed by atoms with Crippen LogP contribution in [0.25, 0.3) is 0 Å². The van der Waals surface area contributed by atoms with Crippen molar-refractivity contribution >= 4 is 5.96 Å². The van der Waals surface area contributed by atoms with E-state index in [1.165, 1.54) is 18.9 Å². The molecule has 0 unspecified atom stereocenters. The first-order valence-corrected chi connectivity index (χ1v) is 8.71. The third-order valence-electron chi connectivity index (χ3n) is 3.85. The summed E-state index contributed by atoms with van der Waals surface area (Å²) in [6, 6.07) is 4.70. The van der Waals surface area contributed by atoms with Gasteiger partial charge in [0.1, 0.15) is 5.82 Å². The molecule has 0 heterocycles. The van der Waals surface area contributed by atoms with Crippen molar-refractivity contribution in [2.75, 3.05) is 26.3 Å². The molecule has 6 heteroatoms. The van der Waals surface area contributed by atoms with Crippen molar-refractivity contribution in [2.45, 2.75) is 39.3 Å². The largest absolute Gasteiger partial charge is 0.392 e. The fraction of sp³-hybridized carbons (Fsp3) is 0.611. The molecule has 0 radical (unpaired) electrons. The number of hydrogen-bond donors (Lipinski definition) is 3. The van der Waals surface area contributed by atoms with Gasteiger partial charge >= 0.3 is 0 Å². The first-order valence-electron chi connectivity index (χ1n) is 8.71. The summed E-state index contributed by atoms with van der Waals surface area (Å²) in [6.07, 6.45) is 3.57. The molecule has 1 fully saturated rings. The molecule has 0 saturated heterocycles. The second kappa shape index (κ2) is 10.3. The molecule has 1 saturated carbocycles. The van der Waals surface area contributed by atoms with Crippen molar-refractivity contribution in [3.05, 3.63) is 35.1 Å². The highest BCUT2D eigenvalue weighted by Gasteiger charge is 2.20.